The average Bonchev–Trinajstić information content (AvgIpc) is 2.70. The van der Waals surface area contributed by atoms with E-state index in [0.29, 0.717) is 0 Å². The number of aromatic amines is 1. The van der Waals surface area contributed by atoms with Crippen LogP contribution in [0.5, 0.6) is 0 Å². The van der Waals surface area contributed by atoms with E-state index in [9.17, 15) is 0 Å². The second-order valence-electron chi connectivity index (χ2n) is 4.63. The first-order valence-corrected chi connectivity index (χ1v) is 6.06. The van der Waals surface area contributed by atoms with Gasteiger partial charge in [0, 0.05) is 25.3 Å². The Labute approximate surface area is 96.6 Å². The fraction of sp³-hybridized carbons (Fsp3) is 0.750. The first-order chi connectivity index (χ1) is 7.70. The van der Waals surface area contributed by atoms with Crippen LogP contribution in [0.15, 0.2) is 0 Å². The highest BCUT2D eigenvalue weighted by Crippen LogP contribution is 2.26. The zero-order valence-corrected chi connectivity index (χ0v) is 10.1. The molecule has 0 saturated carbocycles. The Kier molecular flexibility index (Phi) is 3.61. The molecule has 0 aliphatic heterocycles. The molecule has 0 saturated heterocycles. The van der Waals surface area contributed by atoms with Crippen molar-refractivity contribution in [2.24, 2.45) is 5.73 Å². The topological polar surface area (TPSA) is 63.9 Å². The third-order valence-corrected chi connectivity index (χ3v) is 3.34. The van der Waals surface area contributed by atoms with Gasteiger partial charge in [0.2, 0.25) is 0 Å². The second kappa shape index (κ2) is 4.97. The van der Waals surface area contributed by atoms with Gasteiger partial charge < -0.3 is 15.5 Å². The molecule has 0 amide bonds. The highest BCUT2D eigenvalue weighted by Gasteiger charge is 2.21. The molecule has 0 radical (unpaired) electrons. The number of aromatic nitrogens is 2. The SMILES string of the molecule is COC(C)CCc1nc2c([nH]1)CCCC2N. The van der Waals surface area contributed by atoms with Gasteiger partial charge in [-0.05, 0) is 32.6 Å². The number of hydrogen-bond donors (Lipinski definition) is 2. The van der Waals surface area contributed by atoms with E-state index in [-0.39, 0.29) is 12.1 Å². The van der Waals surface area contributed by atoms with Crippen LogP contribution in [-0.2, 0) is 17.6 Å². The monoisotopic (exact) mass is 223 g/mol. The lowest BCUT2D eigenvalue weighted by Crippen LogP contribution is -2.17. The first kappa shape index (κ1) is 11.6. The van der Waals surface area contributed by atoms with Gasteiger partial charge in [0.25, 0.3) is 0 Å². The number of H-pyrrole nitrogens is 1. The molecule has 3 N–H and O–H groups in total. The van der Waals surface area contributed by atoms with Gasteiger partial charge in [0.15, 0.2) is 0 Å². The molecule has 4 heteroatoms. The van der Waals surface area contributed by atoms with Gasteiger partial charge in [-0.3, -0.25) is 0 Å². The van der Waals surface area contributed by atoms with E-state index in [1.54, 1.807) is 7.11 Å². The maximum atomic E-state index is 6.03. The van der Waals surface area contributed by atoms with Crippen molar-refractivity contribution >= 4 is 0 Å². The molecule has 16 heavy (non-hydrogen) atoms. The van der Waals surface area contributed by atoms with Crippen LogP contribution < -0.4 is 5.73 Å². The summed E-state index contributed by atoms with van der Waals surface area (Å²) in [4.78, 5) is 8.00. The molecule has 0 spiro atoms. The van der Waals surface area contributed by atoms with Crippen LogP contribution in [0.1, 0.15) is 49.4 Å². The summed E-state index contributed by atoms with van der Waals surface area (Å²) in [6, 6.07) is 0.133. The number of imidazole rings is 1. The van der Waals surface area contributed by atoms with Gasteiger partial charge in [0.1, 0.15) is 5.82 Å². The van der Waals surface area contributed by atoms with E-state index >= 15 is 0 Å². The molecule has 0 fully saturated rings. The lowest BCUT2D eigenvalue weighted by Gasteiger charge is -2.15. The summed E-state index contributed by atoms with van der Waals surface area (Å²) in [7, 11) is 1.74. The standard InChI is InChI=1S/C12H21N3O/c1-8(16-2)6-7-11-14-10-5-3-4-9(13)12(10)15-11/h8-9H,3-7,13H2,1-2H3,(H,14,15). The minimum absolute atomic E-state index is 0.133. The van der Waals surface area contributed by atoms with Crippen molar-refractivity contribution in [1.29, 1.82) is 0 Å². The number of ether oxygens (including phenoxy) is 1. The van der Waals surface area contributed by atoms with Crippen LogP contribution in [0.25, 0.3) is 0 Å². The Bertz CT molecular complexity index is 348. The van der Waals surface area contributed by atoms with Crippen LogP contribution in [0, 0.1) is 0 Å². The molecule has 4 nitrogen and oxygen atoms in total. The molecule has 1 aromatic rings. The Morgan fingerprint density at radius 3 is 3.12 bits per heavy atom. The van der Waals surface area contributed by atoms with Crippen LogP contribution in [0.4, 0.5) is 0 Å². The summed E-state index contributed by atoms with van der Waals surface area (Å²) >= 11 is 0. The van der Waals surface area contributed by atoms with Crippen molar-refractivity contribution in [3.8, 4) is 0 Å². The van der Waals surface area contributed by atoms with E-state index in [0.717, 1.165) is 37.2 Å². The largest absolute Gasteiger partial charge is 0.382 e. The zero-order chi connectivity index (χ0) is 11.5. The maximum Gasteiger partial charge on any atom is 0.106 e. The van der Waals surface area contributed by atoms with Gasteiger partial charge >= 0.3 is 0 Å². The maximum absolute atomic E-state index is 6.03. The van der Waals surface area contributed by atoms with Crippen molar-refractivity contribution in [3.63, 3.8) is 0 Å². The second-order valence-corrected chi connectivity index (χ2v) is 4.63. The smallest absolute Gasteiger partial charge is 0.106 e. The van der Waals surface area contributed by atoms with Crippen molar-refractivity contribution in [3.05, 3.63) is 17.2 Å². The molecular weight excluding hydrogens is 202 g/mol. The Morgan fingerprint density at radius 1 is 1.62 bits per heavy atom. The average molecular weight is 223 g/mol. The Hall–Kier alpha value is -0.870. The minimum atomic E-state index is 0.133. The number of fused-ring (bicyclic) bond motifs is 1. The fourth-order valence-corrected chi connectivity index (χ4v) is 2.19. The Balaban J connectivity index is 2.01. The van der Waals surface area contributed by atoms with Crippen LogP contribution in [0.2, 0.25) is 0 Å². The fourth-order valence-electron chi connectivity index (χ4n) is 2.19. The summed E-state index contributed by atoms with van der Waals surface area (Å²) in [5, 5.41) is 0. The summed E-state index contributed by atoms with van der Waals surface area (Å²) in [5.74, 6) is 1.06. The molecule has 2 unspecified atom stereocenters. The van der Waals surface area contributed by atoms with Gasteiger partial charge in [0.05, 0.1) is 11.8 Å². The van der Waals surface area contributed by atoms with Gasteiger partial charge in [-0.1, -0.05) is 0 Å². The van der Waals surface area contributed by atoms with E-state index < -0.39 is 0 Å². The molecule has 1 aliphatic carbocycles. The van der Waals surface area contributed by atoms with Crippen LogP contribution >= 0.6 is 0 Å². The normalized spacial score (nSPS) is 21.8. The lowest BCUT2D eigenvalue weighted by atomic mass is 9.97. The number of hydrogen-bond acceptors (Lipinski definition) is 3. The van der Waals surface area contributed by atoms with Crippen molar-refractivity contribution in [2.75, 3.05) is 7.11 Å². The molecule has 1 aromatic heterocycles. The van der Waals surface area contributed by atoms with E-state index in [1.165, 1.54) is 12.1 Å². The molecule has 90 valence electrons. The summed E-state index contributed by atoms with van der Waals surface area (Å²) < 4.78 is 5.23. The number of nitrogens with two attached hydrogens (primary N) is 1. The number of rotatable bonds is 4. The van der Waals surface area contributed by atoms with Crippen molar-refractivity contribution in [2.45, 2.75) is 51.2 Å². The van der Waals surface area contributed by atoms with E-state index in [2.05, 4.69) is 16.9 Å². The van der Waals surface area contributed by atoms with Gasteiger partial charge in [-0.15, -0.1) is 0 Å². The predicted octanol–water partition coefficient (Wildman–Crippen LogP) is 1.71. The van der Waals surface area contributed by atoms with Crippen LogP contribution in [0.3, 0.4) is 0 Å². The predicted molar refractivity (Wildman–Crippen MR) is 63.2 cm³/mol. The quantitative estimate of drug-likeness (QED) is 0.816. The molecule has 0 bridgehead atoms. The number of aryl methyl sites for hydroxylation is 2. The number of nitrogens with one attached hydrogen (secondary N) is 1. The third-order valence-electron chi connectivity index (χ3n) is 3.34. The van der Waals surface area contributed by atoms with Gasteiger partial charge in [-0.2, -0.15) is 0 Å². The summed E-state index contributed by atoms with van der Waals surface area (Å²) in [5.41, 5.74) is 8.37. The highest BCUT2D eigenvalue weighted by molar-refractivity contribution is 5.21. The zero-order valence-electron chi connectivity index (χ0n) is 10.1. The van der Waals surface area contributed by atoms with Crippen molar-refractivity contribution < 1.29 is 4.74 Å². The summed E-state index contributed by atoms with van der Waals surface area (Å²) in [6.45, 7) is 2.08. The molecule has 2 rings (SSSR count). The first-order valence-electron chi connectivity index (χ1n) is 6.06. The van der Waals surface area contributed by atoms with Gasteiger partial charge in [-0.25, -0.2) is 4.98 Å². The number of nitrogens with zero attached hydrogens (tertiary/aromatic N) is 1. The van der Waals surface area contributed by atoms with Crippen LogP contribution in [-0.4, -0.2) is 23.2 Å². The summed E-state index contributed by atoms with van der Waals surface area (Å²) in [6.07, 6.45) is 5.55. The molecule has 0 aromatic carbocycles. The molecule has 1 heterocycles. The number of methoxy groups -OCH3 is 1. The Morgan fingerprint density at radius 2 is 2.44 bits per heavy atom. The van der Waals surface area contributed by atoms with Crippen molar-refractivity contribution in [1.82, 2.24) is 9.97 Å². The molecule has 2 atom stereocenters. The molecule has 1 aliphatic rings. The van der Waals surface area contributed by atoms with E-state index in [1.807, 2.05) is 0 Å². The third kappa shape index (κ3) is 2.44. The van der Waals surface area contributed by atoms with E-state index in [4.69, 9.17) is 10.5 Å². The minimum Gasteiger partial charge on any atom is -0.382 e. The highest BCUT2D eigenvalue weighted by atomic mass is 16.5. The lowest BCUT2D eigenvalue weighted by molar-refractivity contribution is 0.111. The molecular formula is C12H21N3O.